The second kappa shape index (κ2) is 5.33. The summed E-state index contributed by atoms with van der Waals surface area (Å²) in [5.74, 6) is 1.04. The molecule has 0 bridgehead atoms. The molecule has 100 valence electrons. The van der Waals surface area contributed by atoms with E-state index < -0.39 is 0 Å². The van der Waals surface area contributed by atoms with Gasteiger partial charge in [0.25, 0.3) is 0 Å². The fourth-order valence-corrected chi connectivity index (χ4v) is 3.03. The molecule has 0 amide bonds. The zero-order chi connectivity index (χ0) is 13.3. The first kappa shape index (κ1) is 13.4. The molecule has 0 saturated heterocycles. The summed E-state index contributed by atoms with van der Waals surface area (Å²) in [5.41, 5.74) is 5.83. The van der Waals surface area contributed by atoms with E-state index in [9.17, 15) is 0 Å². The minimum Gasteiger partial charge on any atom is -0.387 e. The van der Waals surface area contributed by atoms with Gasteiger partial charge in [-0.25, -0.2) is 0 Å². The zero-order valence-corrected chi connectivity index (χ0v) is 12.3. The van der Waals surface area contributed by atoms with Crippen molar-refractivity contribution in [3.8, 4) is 0 Å². The molecule has 1 aromatic heterocycles. The molecule has 1 aromatic rings. The van der Waals surface area contributed by atoms with E-state index in [0.717, 1.165) is 6.42 Å². The molecule has 0 aromatic carbocycles. The normalized spacial score (nSPS) is 22.1. The summed E-state index contributed by atoms with van der Waals surface area (Å²) in [6.07, 6.45) is 3.08. The Hall–Kier alpha value is -1.00. The Morgan fingerprint density at radius 3 is 2.67 bits per heavy atom. The van der Waals surface area contributed by atoms with Crippen LogP contribution in [-0.2, 0) is 11.3 Å². The number of hydrogen-bond donors (Lipinski definition) is 1. The second-order valence-electron chi connectivity index (χ2n) is 5.11. The Bertz CT molecular complexity index is 439. The molecular formula is C14H22N2OS. The van der Waals surface area contributed by atoms with Gasteiger partial charge in [0.2, 0.25) is 5.88 Å². The Labute approximate surface area is 113 Å². The predicted octanol–water partition coefficient (Wildman–Crippen LogP) is 3.44. The van der Waals surface area contributed by atoms with Gasteiger partial charge < -0.3 is 10.6 Å². The second-order valence-corrected chi connectivity index (χ2v) is 6.31. The molecule has 2 atom stereocenters. The van der Waals surface area contributed by atoms with E-state index in [1.165, 1.54) is 9.75 Å². The maximum atomic E-state index is 5.83. The van der Waals surface area contributed by atoms with Crippen LogP contribution in [0.25, 0.3) is 0 Å². The Morgan fingerprint density at radius 1 is 1.39 bits per heavy atom. The Kier molecular flexibility index (Phi) is 3.97. The Balaban J connectivity index is 2.23. The number of nitrogens with zero attached hydrogens (tertiary/aromatic N) is 1. The molecule has 1 aliphatic rings. The van der Waals surface area contributed by atoms with Crippen molar-refractivity contribution in [3.05, 3.63) is 33.8 Å². The van der Waals surface area contributed by atoms with E-state index in [0.29, 0.717) is 17.8 Å². The molecule has 2 rings (SSSR count). The molecule has 0 spiro atoms. The molecule has 0 saturated carbocycles. The number of aryl methyl sites for hydroxylation is 1. The third-order valence-electron chi connectivity index (χ3n) is 3.50. The highest BCUT2D eigenvalue weighted by Gasteiger charge is 2.33. The highest BCUT2D eigenvalue weighted by atomic mass is 32.1. The molecule has 3 nitrogen and oxygen atoms in total. The number of hydrogen-bond acceptors (Lipinski definition) is 4. The molecular weight excluding hydrogens is 244 g/mol. The van der Waals surface area contributed by atoms with Crippen molar-refractivity contribution in [3.63, 3.8) is 0 Å². The summed E-state index contributed by atoms with van der Waals surface area (Å²) in [6.45, 7) is 8.76. The van der Waals surface area contributed by atoms with Crippen LogP contribution in [0.1, 0.15) is 43.5 Å². The van der Waals surface area contributed by atoms with Crippen molar-refractivity contribution in [1.29, 1.82) is 0 Å². The highest BCUT2D eigenvalue weighted by molar-refractivity contribution is 7.12. The average molecular weight is 266 g/mol. The van der Waals surface area contributed by atoms with Crippen LogP contribution in [0.15, 0.2) is 24.1 Å². The first-order valence-corrected chi connectivity index (χ1v) is 7.36. The maximum absolute atomic E-state index is 5.83. The molecule has 2 heterocycles. The fourth-order valence-electron chi connectivity index (χ4n) is 2.02. The summed E-state index contributed by atoms with van der Waals surface area (Å²) >= 11 is 1.84. The van der Waals surface area contributed by atoms with Crippen LogP contribution in [0.4, 0.5) is 0 Å². The van der Waals surface area contributed by atoms with E-state index in [2.05, 4.69) is 39.8 Å². The van der Waals surface area contributed by atoms with Crippen molar-refractivity contribution in [2.75, 3.05) is 0 Å². The fraction of sp³-hybridized carbons (Fsp3) is 0.571. The quantitative estimate of drug-likeness (QED) is 0.907. The van der Waals surface area contributed by atoms with E-state index in [4.69, 9.17) is 10.6 Å². The minimum atomic E-state index is 0.160. The first-order chi connectivity index (χ1) is 8.52. The topological polar surface area (TPSA) is 38.5 Å². The van der Waals surface area contributed by atoms with Crippen LogP contribution in [0.2, 0.25) is 0 Å². The standard InChI is InChI=1S/C14H22N2OS/c1-5-11-6-7-13(18-11)12-8-14(15)17-16(12)10(4)9(2)3/h6-10,12H,5,15H2,1-4H3. The molecule has 18 heavy (non-hydrogen) atoms. The van der Waals surface area contributed by atoms with Gasteiger partial charge in [-0.2, -0.15) is 0 Å². The highest BCUT2D eigenvalue weighted by Crippen LogP contribution is 2.36. The van der Waals surface area contributed by atoms with Crippen LogP contribution in [-0.4, -0.2) is 11.1 Å². The lowest BCUT2D eigenvalue weighted by atomic mass is 10.0. The molecule has 0 fully saturated rings. The molecule has 2 unspecified atom stereocenters. The van der Waals surface area contributed by atoms with Crippen LogP contribution >= 0.6 is 11.3 Å². The minimum absolute atomic E-state index is 0.160. The largest absolute Gasteiger partial charge is 0.387 e. The van der Waals surface area contributed by atoms with Crippen molar-refractivity contribution < 1.29 is 4.84 Å². The van der Waals surface area contributed by atoms with Crippen molar-refractivity contribution in [2.45, 2.75) is 46.2 Å². The molecule has 2 N–H and O–H groups in total. The van der Waals surface area contributed by atoms with Gasteiger partial charge in [-0.3, -0.25) is 0 Å². The zero-order valence-electron chi connectivity index (χ0n) is 11.5. The van der Waals surface area contributed by atoms with Crippen LogP contribution in [0.5, 0.6) is 0 Å². The average Bonchev–Trinajstić information content (AvgIpc) is 2.93. The molecule has 0 radical (unpaired) electrons. The lowest BCUT2D eigenvalue weighted by molar-refractivity contribution is -0.157. The van der Waals surface area contributed by atoms with Gasteiger partial charge in [-0.1, -0.05) is 20.8 Å². The third-order valence-corrected chi connectivity index (χ3v) is 4.80. The number of hydroxylamine groups is 2. The van der Waals surface area contributed by atoms with Gasteiger partial charge in [0, 0.05) is 21.9 Å². The number of rotatable bonds is 4. The summed E-state index contributed by atoms with van der Waals surface area (Å²) in [7, 11) is 0. The van der Waals surface area contributed by atoms with Crippen LogP contribution < -0.4 is 5.73 Å². The van der Waals surface area contributed by atoms with E-state index >= 15 is 0 Å². The van der Waals surface area contributed by atoms with Crippen LogP contribution in [0, 0.1) is 5.92 Å². The van der Waals surface area contributed by atoms with Crippen molar-refractivity contribution in [1.82, 2.24) is 5.06 Å². The molecule has 0 aliphatic carbocycles. The Morgan fingerprint density at radius 2 is 2.11 bits per heavy atom. The SMILES string of the molecule is CCc1ccc(C2C=C(N)ON2C(C)C(C)C)s1. The van der Waals surface area contributed by atoms with Gasteiger partial charge in [0.1, 0.15) is 6.04 Å². The van der Waals surface area contributed by atoms with Crippen LogP contribution in [0.3, 0.4) is 0 Å². The van der Waals surface area contributed by atoms with E-state index in [1.807, 2.05) is 22.5 Å². The van der Waals surface area contributed by atoms with Gasteiger partial charge in [0.05, 0.1) is 0 Å². The summed E-state index contributed by atoms with van der Waals surface area (Å²) in [4.78, 5) is 8.38. The van der Waals surface area contributed by atoms with Gasteiger partial charge in [-0.05, 0) is 31.4 Å². The predicted molar refractivity (Wildman–Crippen MR) is 75.9 cm³/mol. The molecule has 4 heteroatoms. The van der Waals surface area contributed by atoms with Gasteiger partial charge in [-0.15, -0.1) is 16.4 Å². The van der Waals surface area contributed by atoms with Crippen molar-refractivity contribution in [2.24, 2.45) is 11.7 Å². The van der Waals surface area contributed by atoms with Gasteiger partial charge >= 0.3 is 0 Å². The first-order valence-electron chi connectivity index (χ1n) is 6.55. The summed E-state index contributed by atoms with van der Waals surface area (Å²) < 4.78 is 0. The summed E-state index contributed by atoms with van der Waals surface area (Å²) in [6, 6.07) is 4.87. The van der Waals surface area contributed by atoms with E-state index in [-0.39, 0.29) is 6.04 Å². The maximum Gasteiger partial charge on any atom is 0.207 e. The molecule has 1 aliphatic heterocycles. The smallest absolute Gasteiger partial charge is 0.207 e. The number of nitrogens with two attached hydrogens (primary N) is 1. The lowest BCUT2D eigenvalue weighted by Crippen LogP contribution is -2.36. The summed E-state index contributed by atoms with van der Waals surface area (Å²) in [5, 5.41) is 2.02. The lowest BCUT2D eigenvalue weighted by Gasteiger charge is -2.30. The third kappa shape index (κ3) is 2.54. The van der Waals surface area contributed by atoms with Crippen molar-refractivity contribution >= 4 is 11.3 Å². The number of thiophene rings is 1. The van der Waals surface area contributed by atoms with Gasteiger partial charge in [0.15, 0.2) is 0 Å². The van der Waals surface area contributed by atoms with E-state index in [1.54, 1.807) is 0 Å². The monoisotopic (exact) mass is 266 g/mol.